The minimum Gasteiger partial charge on any atom is -0.395 e. The summed E-state index contributed by atoms with van der Waals surface area (Å²) >= 11 is 4.94. The molecule has 0 spiro atoms. The average molecular weight is 171 g/mol. The van der Waals surface area contributed by atoms with Crippen molar-refractivity contribution in [3.8, 4) is 0 Å². The van der Waals surface area contributed by atoms with Crippen molar-refractivity contribution in [2.45, 2.75) is 6.92 Å². The maximum atomic E-state index is 8.07. The van der Waals surface area contributed by atoms with Gasteiger partial charge in [0.25, 0.3) is 0 Å². The van der Waals surface area contributed by atoms with Crippen molar-refractivity contribution in [2.24, 2.45) is 0 Å². The molecule has 0 aromatic heterocycles. The molecule has 0 saturated heterocycles. The fourth-order valence-corrected chi connectivity index (χ4v) is 0.209. The molecular weight excluding hydrogens is 156 g/mol. The van der Waals surface area contributed by atoms with E-state index in [0.29, 0.717) is 19.1 Å². The van der Waals surface area contributed by atoms with E-state index in [1.807, 2.05) is 6.92 Å². The second-order valence-electron chi connectivity index (χ2n) is 1.33. The second kappa shape index (κ2) is 16.1. The summed E-state index contributed by atoms with van der Waals surface area (Å²) in [6, 6.07) is 0. The van der Waals surface area contributed by atoms with Gasteiger partial charge >= 0.3 is 0 Å². The number of ether oxygens (including phenoxy) is 1. The van der Waals surface area contributed by atoms with E-state index in [-0.39, 0.29) is 13.2 Å². The van der Waals surface area contributed by atoms with Crippen molar-refractivity contribution < 1.29 is 14.9 Å². The molecule has 3 nitrogen and oxygen atoms in total. The van der Waals surface area contributed by atoms with E-state index in [9.17, 15) is 0 Å². The molecule has 0 radical (unpaired) electrons. The first-order valence-electron chi connectivity index (χ1n) is 3.18. The first-order valence-corrected chi connectivity index (χ1v) is 3.72. The van der Waals surface area contributed by atoms with Gasteiger partial charge in [0.15, 0.2) is 0 Å². The van der Waals surface area contributed by atoms with Crippen molar-refractivity contribution in [2.75, 3.05) is 32.3 Å². The van der Waals surface area contributed by atoms with Crippen LogP contribution >= 0.6 is 11.6 Å². The number of rotatable bonds is 4. The molecule has 2 N–H and O–H groups in total. The Morgan fingerprint density at radius 1 is 1.30 bits per heavy atom. The van der Waals surface area contributed by atoms with Crippen LogP contribution in [0.25, 0.3) is 0 Å². The molecule has 0 aliphatic heterocycles. The zero-order valence-electron chi connectivity index (χ0n) is 6.22. The number of halogens is 1. The van der Waals surface area contributed by atoms with Gasteiger partial charge in [-0.25, -0.2) is 0 Å². The zero-order valence-corrected chi connectivity index (χ0v) is 6.97. The van der Waals surface area contributed by atoms with Crippen molar-refractivity contribution in [1.29, 1.82) is 0 Å². The Hall–Kier alpha value is 0.170. The monoisotopic (exact) mass is 170 g/mol. The maximum Gasteiger partial charge on any atom is 0.0697 e. The first-order chi connectivity index (χ1) is 4.83. The van der Waals surface area contributed by atoms with E-state index >= 15 is 0 Å². The summed E-state index contributed by atoms with van der Waals surface area (Å²) in [7, 11) is 0. The van der Waals surface area contributed by atoms with Gasteiger partial charge in [0, 0.05) is 12.5 Å². The molecule has 0 aliphatic rings. The predicted molar refractivity (Wildman–Crippen MR) is 41.4 cm³/mol. The lowest BCUT2D eigenvalue weighted by molar-refractivity contribution is 0.102. The number of aliphatic hydroxyl groups excluding tert-OH is 2. The van der Waals surface area contributed by atoms with Gasteiger partial charge in [-0.2, -0.15) is 0 Å². The third-order valence-corrected chi connectivity index (χ3v) is 0.693. The second-order valence-corrected chi connectivity index (χ2v) is 1.71. The van der Waals surface area contributed by atoms with Gasteiger partial charge in [-0.3, -0.25) is 0 Å². The first kappa shape index (κ1) is 12.8. The topological polar surface area (TPSA) is 49.7 Å². The summed E-state index contributed by atoms with van der Waals surface area (Å²) < 4.78 is 4.73. The summed E-state index contributed by atoms with van der Waals surface area (Å²) in [5.41, 5.74) is 0. The minimum atomic E-state index is 0.0849. The van der Waals surface area contributed by atoms with E-state index in [1.165, 1.54) is 0 Å². The molecule has 64 valence electrons. The smallest absolute Gasteiger partial charge is 0.0697 e. The molecule has 0 heterocycles. The Kier molecular flexibility index (Phi) is 20.6. The van der Waals surface area contributed by atoms with Crippen LogP contribution in [0.4, 0.5) is 0 Å². The van der Waals surface area contributed by atoms with E-state index in [2.05, 4.69) is 0 Å². The Morgan fingerprint density at radius 2 is 1.80 bits per heavy atom. The molecule has 0 aromatic rings. The SMILES string of the molecule is CCOCCO.OCCCl. The lowest BCUT2D eigenvalue weighted by Gasteiger charge is -1.91. The standard InChI is InChI=1S/C4H10O2.C2H5ClO/c1-2-6-4-3-5;3-1-2-4/h5H,2-4H2,1H3;4H,1-2H2. The molecule has 0 unspecified atom stereocenters. The third kappa shape index (κ3) is 24.2. The Bertz CT molecular complexity index is 38.0. The molecule has 0 amide bonds. The zero-order chi connectivity index (χ0) is 8.24. The fourth-order valence-electron chi connectivity index (χ4n) is 0.209. The van der Waals surface area contributed by atoms with Crippen molar-refractivity contribution in [1.82, 2.24) is 0 Å². The summed E-state index contributed by atoms with van der Waals surface area (Å²) in [4.78, 5) is 0. The van der Waals surface area contributed by atoms with Gasteiger partial charge in [0.05, 0.1) is 19.8 Å². The Morgan fingerprint density at radius 3 is 1.90 bits per heavy atom. The Labute approximate surface area is 66.6 Å². The van der Waals surface area contributed by atoms with Crippen molar-refractivity contribution in [3.05, 3.63) is 0 Å². The number of hydrogen-bond acceptors (Lipinski definition) is 3. The highest BCUT2D eigenvalue weighted by Crippen LogP contribution is 1.66. The molecule has 0 bridgehead atoms. The van der Waals surface area contributed by atoms with Crippen LogP contribution < -0.4 is 0 Å². The van der Waals surface area contributed by atoms with Crippen LogP contribution in [0.15, 0.2) is 0 Å². The highest BCUT2D eigenvalue weighted by molar-refractivity contribution is 6.17. The normalized spacial score (nSPS) is 8.40. The lowest BCUT2D eigenvalue weighted by atomic mass is 10.8. The van der Waals surface area contributed by atoms with Crippen LogP contribution in [0, 0.1) is 0 Å². The van der Waals surface area contributed by atoms with Crippen LogP contribution in [0.2, 0.25) is 0 Å². The molecule has 4 heteroatoms. The summed E-state index contributed by atoms with van der Waals surface area (Å²) in [6.07, 6.45) is 0. The number of aliphatic hydroxyl groups is 2. The van der Waals surface area contributed by atoms with Crippen LogP contribution in [0.5, 0.6) is 0 Å². The van der Waals surface area contributed by atoms with E-state index in [4.69, 9.17) is 26.6 Å². The van der Waals surface area contributed by atoms with E-state index in [1.54, 1.807) is 0 Å². The summed E-state index contributed by atoms with van der Waals surface area (Å²) in [5.74, 6) is 0.347. The van der Waals surface area contributed by atoms with E-state index in [0.717, 1.165) is 0 Å². The van der Waals surface area contributed by atoms with Crippen LogP contribution in [0.3, 0.4) is 0 Å². The molecule has 0 fully saturated rings. The molecule has 0 saturated carbocycles. The average Bonchev–Trinajstić information content (AvgIpc) is 2.01. The predicted octanol–water partition coefficient (Wildman–Crippen LogP) is 0.233. The van der Waals surface area contributed by atoms with Gasteiger partial charge in [-0.05, 0) is 6.92 Å². The highest BCUT2D eigenvalue weighted by atomic mass is 35.5. The van der Waals surface area contributed by atoms with Crippen molar-refractivity contribution in [3.63, 3.8) is 0 Å². The highest BCUT2D eigenvalue weighted by Gasteiger charge is 1.73. The summed E-state index contributed by atoms with van der Waals surface area (Å²) in [6.45, 7) is 3.28. The Balaban J connectivity index is 0. The molecule has 0 aromatic carbocycles. The van der Waals surface area contributed by atoms with Gasteiger partial charge < -0.3 is 14.9 Å². The van der Waals surface area contributed by atoms with Crippen LogP contribution in [0.1, 0.15) is 6.92 Å². The van der Waals surface area contributed by atoms with Crippen LogP contribution in [-0.2, 0) is 4.74 Å². The number of alkyl halides is 1. The van der Waals surface area contributed by atoms with Gasteiger partial charge in [-0.15, -0.1) is 11.6 Å². The maximum absolute atomic E-state index is 8.07. The molecule has 0 atom stereocenters. The largest absolute Gasteiger partial charge is 0.395 e. The lowest BCUT2D eigenvalue weighted by Crippen LogP contribution is -1.96. The molecule has 10 heavy (non-hydrogen) atoms. The minimum absolute atomic E-state index is 0.0849. The number of hydrogen-bond donors (Lipinski definition) is 2. The molecule has 0 rings (SSSR count). The van der Waals surface area contributed by atoms with Gasteiger partial charge in [-0.1, -0.05) is 0 Å². The van der Waals surface area contributed by atoms with Gasteiger partial charge in [0.1, 0.15) is 0 Å². The van der Waals surface area contributed by atoms with Crippen LogP contribution in [-0.4, -0.2) is 42.5 Å². The van der Waals surface area contributed by atoms with Crippen molar-refractivity contribution >= 4 is 11.6 Å². The van der Waals surface area contributed by atoms with Gasteiger partial charge in [0.2, 0.25) is 0 Å². The summed E-state index contributed by atoms with van der Waals surface area (Å²) in [5, 5.41) is 15.8. The van der Waals surface area contributed by atoms with E-state index < -0.39 is 0 Å². The molecule has 0 aliphatic carbocycles. The third-order valence-electron chi connectivity index (χ3n) is 0.524. The molecular formula is C6H15ClO3. The fraction of sp³-hybridized carbons (Fsp3) is 1.00. The quantitative estimate of drug-likeness (QED) is 0.469.